The van der Waals surface area contributed by atoms with Crippen LogP contribution >= 0.6 is 0 Å². The van der Waals surface area contributed by atoms with Gasteiger partial charge in [-0.15, -0.1) is 10.2 Å². The molecule has 4 heterocycles. The Hall–Kier alpha value is -3.82. The van der Waals surface area contributed by atoms with Crippen molar-refractivity contribution in [1.82, 2.24) is 29.6 Å². The average molecular weight is 464 g/mol. The highest BCUT2D eigenvalue weighted by Gasteiger charge is 2.26. The number of nitrogens with one attached hydrogen (secondary N) is 1. The van der Waals surface area contributed by atoms with Gasteiger partial charge in [-0.2, -0.15) is 0 Å². The number of rotatable bonds is 4. The molecule has 0 bridgehead atoms. The summed E-state index contributed by atoms with van der Waals surface area (Å²) in [4.78, 5) is 35.9. The summed E-state index contributed by atoms with van der Waals surface area (Å²) in [6.07, 6.45) is 3.65. The van der Waals surface area contributed by atoms with E-state index in [-0.39, 0.29) is 23.7 Å². The second kappa shape index (κ2) is 9.20. The molecule has 4 rings (SSSR count). The van der Waals surface area contributed by atoms with Crippen LogP contribution < -0.4 is 5.32 Å². The molecule has 10 nitrogen and oxygen atoms in total. The van der Waals surface area contributed by atoms with Crippen molar-refractivity contribution in [2.45, 2.75) is 59.2 Å². The summed E-state index contributed by atoms with van der Waals surface area (Å²) < 4.78 is 7.40. The number of carbonyl (C=O) groups is 2. The fourth-order valence-electron chi connectivity index (χ4n) is 3.66. The molecule has 0 aliphatic carbocycles. The van der Waals surface area contributed by atoms with E-state index in [0.717, 1.165) is 11.1 Å². The van der Waals surface area contributed by atoms with Gasteiger partial charge in [0, 0.05) is 25.3 Å². The molecule has 0 aromatic carbocycles. The van der Waals surface area contributed by atoms with Crippen LogP contribution in [0.25, 0.3) is 11.5 Å². The lowest BCUT2D eigenvalue weighted by Crippen LogP contribution is -2.40. The van der Waals surface area contributed by atoms with Crippen molar-refractivity contribution in [1.29, 1.82) is 0 Å². The van der Waals surface area contributed by atoms with Crippen LogP contribution in [0.1, 0.15) is 62.3 Å². The normalized spacial score (nSPS) is 13.5. The first-order chi connectivity index (χ1) is 16.1. The van der Waals surface area contributed by atoms with Gasteiger partial charge < -0.3 is 19.5 Å². The second-order valence-electron chi connectivity index (χ2n) is 9.51. The monoisotopic (exact) mass is 463 g/mol. The fraction of sp³-hybridized carbons (Fsp3) is 0.417. The van der Waals surface area contributed by atoms with E-state index in [2.05, 4.69) is 25.5 Å². The first-order valence-electron chi connectivity index (χ1n) is 11.2. The Morgan fingerprint density at radius 1 is 1.18 bits per heavy atom. The smallest absolute Gasteiger partial charge is 0.410 e. The molecule has 0 spiro atoms. The van der Waals surface area contributed by atoms with Crippen molar-refractivity contribution in [2.75, 3.05) is 11.9 Å². The summed E-state index contributed by atoms with van der Waals surface area (Å²) in [5, 5.41) is 10.9. The lowest BCUT2D eigenvalue weighted by atomic mass is 10.0. The van der Waals surface area contributed by atoms with E-state index in [1.165, 1.54) is 0 Å². The summed E-state index contributed by atoms with van der Waals surface area (Å²) in [6.45, 7) is 10.5. The van der Waals surface area contributed by atoms with Gasteiger partial charge in [-0.1, -0.05) is 6.07 Å². The van der Waals surface area contributed by atoms with Crippen molar-refractivity contribution < 1.29 is 14.3 Å². The quantitative estimate of drug-likeness (QED) is 0.625. The molecule has 2 amide bonds. The topological polar surface area (TPSA) is 115 Å². The number of aromatic nitrogens is 5. The molecule has 1 N–H and O–H groups in total. The number of pyridine rings is 2. The first kappa shape index (κ1) is 23.3. The van der Waals surface area contributed by atoms with Crippen LogP contribution in [0.4, 0.5) is 10.6 Å². The largest absolute Gasteiger partial charge is 0.444 e. The van der Waals surface area contributed by atoms with Crippen LogP contribution in [0.5, 0.6) is 0 Å². The molecular weight excluding hydrogens is 434 g/mol. The molecule has 178 valence electrons. The Labute approximate surface area is 198 Å². The third kappa shape index (κ3) is 5.22. The molecule has 3 aromatic rings. The summed E-state index contributed by atoms with van der Waals surface area (Å²) in [7, 11) is 0. The highest BCUT2D eigenvalue weighted by molar-refractivity contribution is 6.02. The SMILES string of the molecule is CC(C)n1cnnc1-c1cccc(NC(=O)c2cc3c(cn2)CCN(C(=O)OC(C)(C)C)C3)n1. The van der Waals surface area contributed by atoms with Crippen LogP contribution in [0.2, 0.25) is 0 Å². The number of hydrogen-bond donors (Lipinski definition) is 1. The van der Waals surface area contributed by atoms with Gasteiger partial charge in [0.1, 0.15) is 29.1 Å². The second-order valence-corrected chi connectivity index (χ2v) is 9.51. The van der Waals surface area contributed by atoms with Gasteiger partial charge in [-0.25, -0.2) is 9.78 Å². The molecule has 0 radical (unpaired) electrons. The number of carbonyl (C=O) groups excluding carboxylic acids is 2. The lowest BCUT2D eigenvalue weighted by Gasteiger charge is -2.31. The standard InChI is InChI=1S/C24H29N7O3/c1-15(2)31-14-26-29-21(31)18-7-6-8-20(27-18)28-22(32)19-11-17-13-30(10-9-16(17)12-25-19)23(33)34-24(3,4)5/h6-8,11-12,14-15H,9-10,13H2,1-5H3,(H,27,28,32). The highest BCUT2D eigenvalue weighted by atomic mass is 16.6. The van der Waals surface area contributed by atoms with Gasteiger partial charge in [0.15, 0.2) is 5.82 Å². The van der Waals surface area contributed by atoms with Crippen LogP contribution in [0.15, 0.2) is 36.8 Å². The maximum absolute atomic E-state index is 12.9. The van der Waals surface area contributed by atoms with E-state index >= 15 is 0 Å². The highest BCUT2D eigenvalue weighted by Crippen LogP contribution is 2.23. The van der Waals surface area contributed by atoms with Gasteiger partial charge in [0.05, 0.1) is 0 Å². The van der Waals surface area contributed by atoms with Crippen LogP contribution in [-0.2, 0) is 17.7 Å². The summed E-state index contributed by atoms with van der Waals surface area (Å²) in [6, 6.07) is 7.22. The molecule has 3 aromatic heterocycles. The van der Waals surface area contributed by atoms with E-state index < -0.39 is 5.60 Å². The molecule has 1 aliphatic rings. The Balaban J connectivity index is 1.49. The van der Waals surface area contributed by atoms with Crippen molar-refractivity contribution in [3.63, 3.8) is 0 Å². The summed E-state index contributed by atoms with van der Waals surface area (Å²) in [5.74, 6) is 0.628. The number of nitrogens with zero attached hydrogens (tertiary/aromatic N) is 6. The Morgan fingerprint density at radius 3 is 2.71 bits per heavy atom. The van der Waals surface area contributed by atoms with Crippen molar-refractivity contribution >= 4 is 17.8 Å². The minimum Gasteiger partial charge on any atom is -0.444 e. The van der Waals surface area contributed by atoms with Crippen LogP contribution in [0.3, 0.4) is 0 Å². The Morgan fingerprint density at radius 2 is 1.97 bits per heavy atom. The number of ether oxygens (including phenoxy) is 1. The zero-order valence-corrected chi connectivity index (χ0v) is 20.1. The molecule has 10 heteroatoms. The molecule has 0 unspecified atom stereocenters. The predicted molar refractivity (Wildman–Crippen MR) is 126 cm³/mol. The third-order valence-corrected chi connectivity index (χ3v) is 5.33. The fourth-order valence-corrected chi connectivity index (χ4v) is 3.66. The number of hydrogen-bond acceptors (Lipinski definition) is 7. The van der Waals surface area contributed by atoms with Gasteiger partial charge >= 0.3 is 6.09 Å². The molecule has 0 fully saturated rings. The minimum absolute atomic E-state index is 0.171. The van der Waals surface area contributed by atoms with E-state index in [1.54, 1.807) is 35.6 Å². The van der Waals surface area contributed by atoms with E-state index in [0.29, 0.717) is 36.8 Å². The number of fused-ring (bicyclic) bond motifs is 1. The van der Waals surface area contributed by atoms with Crippen molar-refractivity contribution in [2.24, 2.45) is 0 Å². The predicted octanol–water partition coefficient (Wildman–Crippen LogP) is 3.86. The number of amides is 2. The van der Waals surface area contributed by atoms with Gasteiger partial charge in [-0.3, -0.25) is 9.78 Å². The van der Waals surface area contributed by atoms with Crippen LogP contribution in [0, 0.1) is 0 Å². The number of anilines is 1. The maximum Gasteiger partial charge on any atom is 0.410 e. The molecule has 0 atom stereocenters. The molecule has 1 aliphatic heterocycles. The molecule has 34 heavy (non-hydrogen) atoms. The van der Waals surface area contributed by atoms with Crippen molar-refractivity contribution in [3.05, 3.63) is 53.6 Å². The summed E-state index contributed by atoms with van der Waals surface area (Å²) in [5.41, 5.74) is 2.19. The van der Waals surface area contributed by atoms with Gasteiger partial charge in [-0.05, 0) is 70.4 Å². The lowest BCUT2D eigenvalue weighted by molar-refractivity contribution is 0.0224. The molecule has 0 saturated heterocycles. The zero-order chi connectivity index (χ0) is 24.5. The average Bonchev–Trinajstić information content (AvgIpc) is 3.28. The molecule has 0 saturated carbocycles. The van der Waals surface area contributed by atoms with Crippen LogP contribution in [-0.4, -0.2) is 53.8 Å². The Kier molecular flexibility index (Phi) is 6.32. The van der Waals surface area contributed by atoms with Gasteiger partial charge in [0.25, 0.3) is 5.91 Å². The summed E-state index contributed by atoms with van der Waals surface area (Å²) >= 11 is 0. The third-order valence-electron chi connectivity index (χ3n) is 5.33. The minimum atomic E-state index is -0.565. The van der Waals surface area contributed by atoms with E-state index in [1.807, 2.05) is 45.3 Å². The Bertz CT molecular complexity index is 1210. The first-order valence-corrected chi connectivity index (χ1v) is 11.2. The van der Waals surface area contributed by atoms with E-state index in [9.17, 15) is 9.59 Å². The van der Waals surface area contributed by atoms with Gasteiger partial charge in [0.2, 0.25) is 0 Å². The van der Waals surface area contributed by atoms with Crippen molar-refractivity contribution in [3.8, 4) is 11.5 Å². The zero-order valence-electron chi connectivity index (χ0n) is 20.1. The maximum atomic E-state index is 12.9. The van der Waals surface area contributed by atoms with E-state index in [4.69, 9.17) is 4.74 Å². The molecular formula is C24H29N7O3.